The smallest absolute Gasteiger partial charge is 0.357 e. The molecule has 2 aliphatic rings. The van der Waals surface area contributed by atoms with Crippen LogP contribution in [0.25, 0.3) is 0 Å². The largest absolute Gasteiger partial charge is 0.463 e. The number of esters is 1. The van der Waals surface area contributed by atoms with Crippen molar-refractivity contribution in [3.05, 3.63) is 71.0 Å². The zero-order valence-corrected chi connectivity index (χ0v) is 19.7. The summed E-state index contributed by atoms with van der Waals surface area (Å²) in [6.45, 7) is 10.6. The minimum atomic E-state index is -1.26. The number of allylic oxidation sites excluding steroid dienone is 4. The summed E-state index contributed by atoms with van der Waals surface area (Å²) in [5.74, 6) is -0.410. The first kappa shape index (κ1) is 23.8. The molecule has 1 aromatic rings. The van der Waals surface area contributed by atoms with Gasteiger partial charge in [0.05, 0.1) is 13.2 Å². The lowest BCUT2D eigenvalue weighted by atomic mass is 9.86. The molecule has 172 valence electrons. The zero-order valence-electron chi connectivity index (χ0n) is 19.7. The van der Waals surface area contributed by atoms with Gasteiger partial charge in [0, 0.05) is 11.3 Å². The molecule has 1 aromatic carbocycles. The number of nitrogens with one attached hydrogen (secondary N) is 1. The number of hydrogen-bond donors (Lipinski definition) is 1. The number of rotatable bonds is 9. The number of nitrogens with zero attached hydrogens (tertiary/aromatic N) is 1. The fourth-order valence-electron chi connectivity index (χ4n) is 4.52. The Morgan fingerprint density at radius 2 is 2.00 bits per heavy atom. The molecule has 0 radical (unpaired) electrons. The van der Waals surface area contributed by atoms with E-state index in [1.165, 1.54) is 29.6 Å². The van der Waals surface area contributed by atoms with Crippen molar-refractivity contribution in [2.45, 2.75) is 71.3 Å². The third-order valence-electron chi connectivity index (χ3n) is 6.12. The van der Waals surface area contributed by atoms with Gasteiger partial charge in [-0.2, -0.15) is 0 Å². The summed E-state index contributed by atoms with van der Waals surface area (Å²) in [5.41, 5.74) is 4.65. The maximum atomic E-state index is 13.0. The van der Waals surface area contributed by atoms with Gasteiger partial charge in [-0.1, -0.05) is 55.3 Å². The number of amidine groups is 1. The van der Waals surface area contributed by atoms with E-state index in [0.29, 0.717) is 6.02 Å². The van der Waals surface area contributed by atoms with Gasteiger partial charge in [0.2, 0.25) is 0 Å². The van der Waals surface area contributed by atoms with Crippen LogP contribution >= 0.6 is 0 Å². The van der Waals surface area contributed by atoms with Gasteiger partial charge in [0.25, 0.3) is 11.6 Å². The van der Waals surface area contributed by atoms with Gasteiger partial charge in [-0.3, -0.25) is 0 Å². The van der Waals surface area contributed by atoms with E-state index in [4.69, 9.17) is 9.47 Å². The highest BCUT2D eigenvalue weighted by Gasteiger charge is 2.49. The lowest BCUT2D eigenvalue weighted by Crippen LogP contribution is -2.42. The Bertz CT molecular complexity index is 914. The van der Waals surface area contributed by atoms with Crippen LogP contribution in [0.4, 0.5) is 0 Å². The monoisotopic (exact) mass is 436 g/mol. The second-order valence-electron chi connectivity index (χ2n) is 8.45. The predicted octanol–water partition coefficient (Wildman–Crippen LogP) is 5.94. The first-order valence-corrected chi connectivity index (χ1v) is 11.8. The lowest BCUT2D eigenvalue weighted by molar-refractivity contribution is -0.161. The number of aliphatic imine (C=N–C) groups is 1. The highest BCUT2D eigenvalue weighted by atomic mass is 16.6. The summed E-state index contributed by atoms with van der Waals surface area (Å²) in [6, 6.07) is 9.87. The third-order valence-corrected chi connectivity index (χ3v) is 6.12. The van der Waals surface area contributed by atoms with Crippen LogP contribution in [0.5, 0.6) is 0 Å². The van der Waals surface area contributed by atoms with Crippen LogP contribution in [0.15, 0.2) is 70.4 Å². The van der Waals surface area contributed by atoms with E-state index in [0.717, 1.165) is 43.4 Å². The molecule has 0 saturated carbocycles. The van der Waals surface area contributed by atoms with E-state index in [9.17, 15) is 4.79 Å². The standard InChI is InChI=1S/C27H36N2O3/c1-5-13-20(4)24(23-18-12-11-15-21(23)14-6-2)29-26-28-19-27(32-26,25(30)31-7-3)22-16-9-8-10-17-22/h6,8-10,16-17H,2,5,7,11-15,18-19H2,1,3-4H3,(H,28,29)/b24-20+. The van der Waals surface area contributed by atoms with Crippen LogP contribution in [0.3, 0.4) is 0 Å². The minimum Gasteiger partial charge on any atom is -0.463 e. The Labute approximate surface area is 192 Å². The number of ether oxygens (including phenoxy) is 2. The Morgan fingerprint density at radius 1 is 1.25 bits per heavy atom. The molecule has 0 fully saturated rings. The quantitative estimate of drug-likeness (QED) is 0.384. The number of benzene rings is 1. The van der Waals surface area contributed by atoms with Gasteiger partial charge in [-0.05, 0) is 63.5 Å². The van der Waals surface area contributed by atoms with Gasteiger partial charge in [-0.15, -0.1) is 6.58 Å². The molecule has 0 saturated heterocycles. The molecule has 1 unspecified atom stereocenters. The van der Waals surface area contributed by atoms with Crippen LogP contribution in [0, 0.1) is 0 Å². The minimum absolute atomic E-state index is 0.191. The van der Waals surface area contributed by atoms with Crippen LogP contribution in [-0.2, 0) is 19.9 Å². The molecule has 0 bridgehead atoms. The molecule has 1 N–H and O–H groups in total. The van der Waals surface area contributed by atoms with Gasteiger partial charge < -0.3 is 14.8 Å². The molecule has 0 amide bonds. The van der Waals surface area contributed by atoms with Gasteiger partial charge in [0.1, 0.15) is 0 Å². The first-order chi connectivity index (χ1) is 15.6. The van der Waals surface area contributed by atoms with Gasteiger partial charge >= 0.3 is 5.97 Å². The molecular weight excluding hydrogens is 400 g/mol. The zero-order chi connectivity index (χ0) is 23.0. The summed E-state index contributed by atoms with van der Waals surface area (Å²) in [5, 5.41) is 3.49. The molecule has 1 heterocycles. The van der Waals surface area contributed by atoms with Crippen LogP contribution < -0.4 is 5.32 Å². The number of carbonyl (C=O) groups excluding carboxylic acids is 1. The molecule has 32 heavy (non-hydrogen) atoms. The van der Waals surface area contributed by atoms with Crippen molar-refractivity contribution >= 4 is 12.0 Å². The van der Waals surface area contributed by atoms with E-state index in [1.54, 1.807) is 6.92 Å². The Hall–Kier alpha value is -2.82. The predicted molar refractivity (Wildman–Crippen MR) is 129 cm³/mol. The molecule has 5 nitrogen and oxygen atoms in total. The van der Waals surface area contributed by atoms with E-state index in [-0.39, 0.29) is 13.2 Å². The first-order valence-electron chi connectivity index (χ1n) is 11.8. The second kappa shape index (κ2) is 11.2. The van der Waals surface area contributed by atoms with Crippen LogP contribution in [-0.4, -0.2) is 25.1 Å². The van der Waals surface area contributed by atoms with E-state index >= 15 is 0 Å². The second-order valence-corrected chi connectivity index (χ2v) is 8.45. The fraction of sp³-hybridized carbons (Fsp3) is 0.481. The molecule has 1 aliphatic heterocycles. The van der Waals surface area contributed by atoms with E-state index in [2.05, 4.69) is 30.7 Å². The van der Waals surface area contributed by atoms with Crippen molar-refractivity contribution in [2.75, 3.05) is 13.2 Å². The maximum Gasteiger partial charge on any atom is 0.357 e. The maximum absolute atomic E-state index is 13.0. The molecule has 0 aromatic heterocycles. The molecule has 5 heteroatoms. The van der Waals surface area contributed by atoms with E-state index in [1.807, 2.05) is 36.4 Å². The van der Waals surface area contributed by atoms with Crippen molar-refractivity contribution < 1.29 is 14.3 Å². The van der Waals surface area contributed by atoms with Crippen molar-refractivity contribution in [3.8, 4) is 0 Å². The molecular formula is C27H36N2O3. The number of carbonyl (C=O) groups is 1. The van der Waals surface area contributed by atoms with Crippen molar-refractivity contribution in [1.82, 2.24) is 5.32 Å². The summed E-state index contributed by atoms with van der Waals surface area (Å²) >= 11 is 0. The Kier molecular flexibility index (Phi) is 8.32. The molecule has 3 rings (SSSR count). The molecule has 1 aliphatic carbocycles. The summed E-state index contributed by atoms with van der Waals surface area (Å²) in [7, 11) is 0. The topological polar surface area (TPSA) is 59.9 Å². The van der Waals surface area contributed by atoms with Gasteiger partial charge in [0.15, 0.2) is 0 Å². The number of hydrogen-bond acceptors (Lipinski definition) is 5. The normalized spacial score (nSPS) is 21.4. The van der Waals surface area contributed by atoms with Crippen LogP contribution in [0.2, 0.25) is 0 Å². The van der Waals surface area contributed by atoms with Crippen molar-refractivity contribution in [1.29, 1.82) is 0 Å². The lowest BCUT2D eigenvalue weighted by Gasteiger charge is -2.28. The Morgan fingerprint density at radius 3 is 2.69 bits per heavy atom. The van der Waals surface area contributed by atoms with Crippen molar-refractivity contribution in [3.63, 3.8) is 0 Å². The van der Waals surface area contributed by atoms with Gasteiger partial charge in [-0.25, -0.2) is 9.79 Å². The van der Waals surface area contributed by atoms with Crippen molar-refractivity contribution in [2.24, 2.45) is 4.99 Å². The fourth-order valence-corrected chi connectivity index (χ4v) is 4.52. The van der Waals surface area contributed by atoms with Crippen LogP contribution in [0.1, 0.15) is 71.3 Å². The summed E-state index contributed by atoms with van der Waals surface area (Å²) in [4.78, 5) is 17.6. The summed E-state index contributed by atoms with van der Waals surface area (Å²) in [6.07, 6.45) is 9.43. The van der Waals surface area contributed by atoms with E-state index < -0.39 is 11.6 Å². The highest BCUT2D eigenvalue weighted by molar-refractivity contribution is 5.89. The average Bonchev–Trinajstić information content (AvgIpc) is 3.24. The Balaban J connectivity index is 1.93. The average molecular weight is 437 g/mol. The SMILES string of the molecule is C=CCC1=C(/C(NC2=NCC(C(=O)OCC)(c3ccccc3)O2)=C(/C)CCC)CCCC1. The summed E-state index contributed by atoms with van der Waals surface area (Å²) < 4.78 is 11.7. The molecule has 1 atom stereocenters. The highest BCUT2D eigenvalue weighted by Crippen LogP contribution is 2.35. The molecule has 0 spiro atoms. The third kappa shape index (κ3) is 5.14.